The van der Waals surface area contributed by atoms with Crippen molar-refractivity contribution in [1.82, 2.24) is 4.98 Å². The van der Waals surface area contributed by atoms with E-state index in [1.807, 2.05) is 31.3 Å². The molecular weight excluding hydrogens is 290 g/mol. The number of nitrogens with zero attached hydrogens (tertiary/aromatic N) is 3. The number of benzene rings is 1. The molecule has 0 N–H and O–H groups in total. The topological polar surface area (TPSA) is 45.7 Å². The Hall–Kier alpha value is -2.40. The molecule has 1 aromatic carbocycles. The summed E-state index contributed by atoms with van der Waals surface area (Å²) in [6, 6.07) is 12.1. The second-order valence-electron chi connectivity index (χ2n) is 5.62. The van der Waals surface area contributed by atoms with E-state index >= 15 is 0 Å². The summed E-state index contributed by atoms with van der Waals surface area (Å²) in [7, 11) is 2.02. The number of pyridine rings is 1. The molecule has 5 nitrogen and oxygen atoms in total. The fourth-order valence-electron chi connectivity index (χ4n) is 2.73. The van der Waals surface area contributed by atoms with Crippen LogP contribution in [0.25, 0.3) is 0 Å². The lowest BCUT2D eigenvalue weighted by molar-refractivity contribution is -0.123. The summed E-state index contributed by atoms with van der Waals surface area (Å²) in [6.07, 6.45) is 4.31. The number of hydrogen-bond donors (Lipinski definition) is 0. The molecule has 120 valence electrons. The van der Waals surface area contributed by atoms with Gasteiger partial charge in [-0.25, -0.2) is 0 Å². The molecule has 0 saturated heterocycles. The van der Waals surface area contributed by atoms with Crippen molar-refractivity contribution in [2.75, 3.05) is 43.2 Å². The van der Waals surface area contributed by atoms with Gasteiger partial charge in [-0.2, -0.15) is 0 Å². The normalized spacial score (nSPS) is 13.8. The Kier molecular flexibility index (Phi) is 4.88. The quantitative estimate of drug-likeness (QED) is 0.794. The van der Waals surface area contributed by atoms with Crippen molar-refractivity contribution in [2.24, 2.45) is 0 Å². The largest absolute Gasteiger partial charge is 0.371 e. The van der Waals surface area contributed by atoms with Gasteiger partial charge in [0.1, 0.15) is 6.61 Å². The summed E-state index contributed by atoms with van der Waals surface area (Å²) in [6.45, 7) is 2.12. The lowest BCUT2D eigenvalue weighted by atomic mass is 10.2. The Labute approximate surface area is 136 Å². The maximum atomic E-state index is 12.4. The number of carbonyl (C=O) groups is 1. The van der Waals surface area contributed by atoms with Gasteiger partial charge in [-0.05, 0) is 18.1 Å². The summed E-state index contributed by atoms with van der Waals surface area (Å²) >= 11 is 0. The Morgan fingerprint density at radius 1 is 1.17 bits per heavy atom. The van der Waals surface area contributed by atoms with Crippen molar-refractivity contribution in [3.8, 4) is 0 Å². The average molecular weight is 311 g/mol. The molecule has 5 heteroatoms. The third-order valence-electron chi connectivity index (χ3n) is 4.04. The van der Waals surface area contributed by atoms with Crippen LogP contribution in [0.15, 0.2) is 48.8 Å². The van der Waals surface area contributed by atoms with E-state index in [4.69, 9.17) is 4.74 Å². The van der Waals surface area contributed by atoms with Gasteiger partial charge in [0.15, 0.2) is 0 Å². The van der Waals surface area contributed by atoms with Crippen molar-refractivity contribution in [3.05, 3.63) is 54.4 Å². The van der Waals surface area contributed by atoms with E-state index < -0.39 is 0 Å². The minimum Gasteiger partial charge on any atom is -0.371 e. The summed E-state index contributed by atoms with van der Waals surface area (Å²) in [5.41, 5.74) is 3.11. The van der Waals surface area contributed by atoms with Crippen LogP contribution in [0.4, 0.5) is 11.4 Å². The Morgan fingerprint density at radius 2 is 2.00 bits per heavy atom. The van der Waals surface area contributed by atoms with E-state index in [9.17, 15) is 4.79 Å². The van der Waals surface area contributed by atoms with Gasteiger partial charge in [-0.15, -0.1) is 0 Å². The molecule has 0 radical (unpaired) electrons. The monoisotopic (exact) mass is 311 g/mol. The van der Waals surface area contributed by atoms with E-state index in [0.29, 0.717) is 13.2 Å². The molecule has 3 rings (SSSR count). The van der Waals surface area contributed by atoms with Crippen molar-refractivity contribution >= 4 is 17.3 Å². The van der Waals surface area contributed by atoms with E-state index in [-0.39, 0.29) is 12.5 Å². The van der Waals surface area contributed by atoms with Gasteiger partial charge in [0, 0.05) is 26.3 Å². The molecule has 0 bridgehead atoms. The van der Waals surface area contributed by atoms with Gasteiger partial charge in [0.25, 0.3) is 5.91 Å². The minimum atomic E-state index is -0.0135. The van der Waals surface area contributed by atoms with E-state index in [0.717, 1.165) is 24.3 Å². The second-order valence-corrected chi connectivity index (χ2v) is 5.62. The number of carbonyl (C=O) groups excluding carboxylic acids is 1. The summed E-state index contributed by atoms with van der Waals surface area (Å²) in [5, 5.41) is 0. The van der Waals surface area contributed by atoms with Gasteiger partial charge < -0.3 is 14.5 Å². The standard InChI is InChI=1S/C18H21N3O2/c1-20-10-11-21(17-13-19-9-7-16(17)20)18(22)14-23-12-8-15-5-3-2-4-6-15/h2-7,9,13H,8,10-12,14H2,1H3. The van der Waals surface area contributed by atoms with Gasteiger partial charge in [0.05, 0.1) is 24.2 Å². The molecule has 23 heavy (non-hydrogen) atoms. The summed E-state index contributed by atoms with van der Waals surface area (Å²) < 4.78 is 5.57. The van der Waals surface area contributed by atoms with Crippen LogP contribution in [0, 0.1) is 0 Å². The molecule has 0 saturated carbocycles. The number of hydrogen-bond acceptors (Lipinski definition) is 4. The molecule has 1 amide bonds. The highest BCUT2D eigenvalue weighted by molar-refractivity contribution is 5.98. The molecule has 1 aliphatic rings. The Morgan fingerprint density at radius 3 is 2.83 bits per heavy atom. The molecule has 1 aromatic heterocycles. The summed E-state index contributed by atoms with van der Waals surface area (Å²) in [4.78, 5) is 20.5. The molecule has 0 atom stereocenters. The van der Waals surface area contributed by atoms with Crippen LogP contribution in [0.5, 0.6) is 0 Å². The SMILES string of the molecule is CN1CCN(C(=O)COCCc2ccccc2)c2cnccc21. The zero-order valence-electron chi connectivity index (χ0n) is 13.3. The zero-order valence-corrected chi connectivity index (χ0v) is 13.3. The van der Waals surface area contributed by atoms with Crippen LogP contribution in [-0.4, -0.2) is 44.2 Å². The predicted octanol–water partition coefficient (Wildman–Crippen LogP) is 2.12. The fraction of sp³-hybridized carbons (Fsp3) is 0.333. The van der Waals surface area contributed by atoms with Crippen molar-refractivity contribution < 1.29 is 9.53 Å². The van der Waals surface area contributed by atoms with Crippen LogP contribution >= 0.6 is 0 Å². The van der Waals surface area contributed by atoms with Crippen LogP contribution in [0.2, 0.25) is 0 Å². The van der Waals surface area contributed by atoms with Crippen LogP contribution < -0.4 is 9.80 Å². The second kappa shape index (κ2) is 7.24. The van der Waals surface area contributed by atoms with Crippen molar-refractivity contribution in [1.29, 1.82) is 0 Å². The van der Waals surface area contributed by atoms with Crippen molar-refractivity contribution in [2.45, 2.75) is 6.42 Å². The molecule has 0 spiro atoms. The highest BCUT2D eigenvalue weighted by Gasteiger charge is 2.25. The molecule has 2 heterocycles. The Balaban J connectivity index is 1.54. The predicted molar refractivity (Wildman–Crippen MR) is 90.8 cm³/mol. The number of aromatic nitrogens is 1. The molecular formula is C18H21N3O2. The molecule has 0 aliphatic carbocycles. The first-order valence-corrected chi connectivity index (χ1v) is 7.83. The first-order chi connectivity index (χ1) is 11.3. The fourth-order valence-corrected chi connectivity index (χ4v) is 2.73. The average Bonchev–Trinajstić information content (AvgIpc) is 2.60. The minimum absolute atomic E-state index is 0.0135. The van der Waals surface area contributed by atoms with Gasteiger partial charge in [0.2, 0.25) is 0 Å². The molecule has 0 unspecified atom stereocenters. The zero-order chi connectivity index (χ0) is 16.1. The lowest BCUT2D eigenvalue weighted by Gasteiger charge is -2.35. The number of fused-ring (bicyclic) bond motifs is 1. The highest BCUT2D eigenvalue weighted by atomic mass is 16.5. The number of anilines is 2. The van der Waals surface area contributed by atoms with Gasteiger partial charge >= 0.3 is 0 Å². The van der Waals surface area contributed by atoms with E-state index in [2.05, 4.69) is 22.0 Å². The first kappa shape index (κ1) is 15.5. The molecule has 2 aromatic rings. The smallest absolute Gasteiger partial charge is 0.253 e. The maximum absolute atomic E-state index is 12.4. The van der Waals surface area contributed by atoms with E-state index in [1.54, 1.807) is 17.3 Å². The molecule has 1 aliphatic heterocycles. The summed E-state index contributed by atoms with van der Waals surface area (Å²) in [5.74, 6) is -0.0135. The third kappa shape index (κ3) is 3.68. The molecule has 0 fully saturated rings. The number of likely N-dealkylation sites (N-methyl/N-ethyl adjacent to an activating group) is 1. The highest BCUT2D eigenvalue weighted by Crippen LogP contribution is 2.30. The van der Waals surface area contributed by atoms with Gasteiger partial charge in [-0.1, -0.05) is 30.3 Å². The van der Waals surface area contributed by atoms with E-state index in [1.165, 1.54) is 5.56 Å². The van der Waals surface area contributed by atoms with Crippen LogP contribution in [-0.2, 0) is 16.0 Å². The number of ether oxygens (including phenoxy) is 1. The van der Waals surface area contributed by atoms with Gasteiger partial charge in [-0.3, -0.25) is 9.78 Å². The van der Waals surface area contributed by atoms with Crippen LogP contribution in [0.1, 0.15) is 5.56 Å². The number of amides is 1. The maximum Gasteiger partial charge on any atom is 0.253 e. The van der Waals surface area contributed by atoms with Crippen molar-refractivity contribution in [3.63, 3.8) is 0 Å². The van der Waals surface area contributed by atoms with Crippen LogP contribution in [0.3, 0.4) is 0 Å². The lowest BCUT2D eigenvalue weighted by Crippen LogP contribution is -2.44. The number of rotatable bonds is 5. The third-order valence-corrected chi connectivity index (χ3v) is 4.04. The Bertz CT molecular complexity index is 660. The first-order valence-electron chi connectivity index (χ1n) is 7.83.